The van der Waals surface area contributed by atoms with Crippen molar-refractivity contribution in [3.63, 3.8) is 0 Å². The van der Waals surface area contributed by atoms with Crippen molar-refractivity contribution in [2.24, 2.45) is 0 Å². The zero-order valence-electron chi connectivity index (χ0n) is 16.6. The molecule has 1 saturated heterocycles. The third-order valence-electron chi connectivity index (χ3n) is 5.85. The number of hydrogen-bond donors (Lipinski definition) is 0. The number of aromatic nitrogens is 4. The van der Waals surface area contributed by atoms with E-state index in [9.17, 15) is 4.79 Å². The molecule has 0 spiro atoms. The monoisotopic (exact) mass is 391 g/mol. The van der Waals surface area contributed by atoms with Crippen LogP contribution >= 0.6 is 0 Å². The van der Waals surface area contributed by atoms with Crippen molar-refractivity contribution >= 4 is 22.9 Å². The van der Waals surface area contributed by atoms with E-state index in [1.807, 2.05) is 37.4 Å². The first-order chi connectivity index (χ1) is 14.2. The van der Waals surface area contributed by atoms with Gasteiger partial charge in [0.15, 0.2) is 0 Å². The van der Waals surface area contributed by atoms with Gasteiger partial charge in [0.1, 0.15) is 6.33 Å². The van der Waals surface area contributed by atoms with Crippen LogP contribution in [-0.4, -0.2) is 70.4 Å². The Bertz CT molecular complexity index is 1010. The number of amides is 1. The molecule has 0 bridgehead atoms. The van der Waals surface area contributed by atoms with Gasteiger partial charge in [-0.2, -0.15) is 9.61 Å². The van der Waals surface area contributed by atoms with Crippen LogP contribution in [0.2, 0.25) is 0 Å². The van der Waals surface area contributed by atoms with Crippen molar-refractivity contribution < 1.29 is 4.79 Å². The first kappa shape index (κ1) is 18.1. The van der Waals surface area contributed by atoms with Crippen LogP contribution in [0.5, 0.6) is 0 Å². The topological polar surface area (TPSA) is 69.9 Å². The normalized spacial score (nSPS) is 17.6. The smallest absolute Gasteiger partial charge is 0.240 e. The minimum Gasteiger partial charge on any atom is -0.366 e. The summed E-state index contributed by atoms with van der Waals surface area (Å²) in [5.41, 5.74) is 3.97. The average molecular weight is 391 g/mol. The van der Waals surface area contributed by atoms with Gasteiger partial charge in [0.2, 0.25) is 11.6 Å². The third kappa shape index (κ3) is 3.67. The summed E-state index contributed by atoms with van der Waals surface area (Å²) in [5, 5.41) is 13.0. The molecule has 3 heterocycles. The van der Waals surface area contributed by atoms with E-state index in [0.717, 1.165) is 48.9 Å². The van der Waals surface area contributed by atoms with Crippen LogP contribution in [0.3, 0.4) is 0 Å². The highest BCUT2D eigenvalue weighted by molar-refractivity contribution is 5.94. The Kier molecular flexibility index (Phi) is 4.63. The number of piperazine rings is 1. The summed E-state index contributed by atoms with van der Waals surface area (Å²) < 4.78 is 1.80. The number of likely N-dealkylation sites (N-methyl/N-ethyl adjacent to an activating group) is 1. The van der Waals surface area contributed by atoms with Gasteiger partial charge in [-0.3, -0.25) is 9.69 Å². The van der Waals surface area contributed by atoms with E-state index in [2.05, 4.69) is 31.2 Å². The van der Waals surface area contributed by atoms with Crippen molar-refractivity contribution in [1.82, 2.24) is 24.7 Å². The zero-order valence-corrected chi connectivity index (χ0v) is 16.6. The van der Waals surface area contributed by atoms with Crippen molar-refractivity contribution in [2.45, 2.75) is 18.8 Å². The second-order valence-electron chi connectivity index (χ2n) is 7.88. The Morgan fingerprint density at radius 1 is 1.14 bits per heavy atom. The molecule has 2 aromatic heterocycles. The molecule has 1 saturated carbocycles. The largest absolute Gasteiger partial charge is 0.366 e. The van der Waals surface area contributed by atoms with Crippen LogP contribution in [0.4, 0.5) is 11.4 Å². The molecule has 8 nitrogen and oxygen atoms in total. The van der Waals surface area contributed by atoms with E-state index in [1.54, 1.807) is 15.7 Å². The minimum atomic E-state index is 0.115. The van der Waals surface area contributed by atoms with Crippen LogP contribution in [0.15, 0.2) is 42.7 Å². The van der Waals surface area contributed by atoms with Gasteiger partial charge in [0.05, 0.1) is 17.9 Å². The number of fused-ring (bicyclic) bond motifs is 1. The summed E-state index contributed by atoms with van der Waals surface area (Å²) in [6.07, 6.45) is 4.11. The van der Waals surface area contributed by atoms with E-state index in [4.69, 9.17) is 0 Å². The molecule has 8 heteroatoms. The second-order valence-corrected chi connectivity index (χ2v) is 7.88. The van der Waals surface area contributed by atoms with Gasteiger partial charge in [0.25, 0.3) is 0 Å². The number of benzene rings is 1. The number of para-hydroxylation sites is 1. The third-order valence-corrected chi connectivity index (χ3v) is 5.85. The molecule has 1 aliphatic heterocycles. The van der Waals surface area contributed by atoms with Crippen molar-refractivity contribution in [2.75, 3.05) is 49.6 Å². The van der Waals surface area contributed by atoms with E-state index >= 15 is 0 Å². The number of nitrogens with zero attached hydrogens (tertiary/aromatic N) is 7. The molecular weight excluding hydrogens is 366 g/mol. The highest BCUT2D eigenvalue weighted by atomic mass is 16.2. The maximum Gasteiger partial charge on any atom is 0.240 e. The van der Waals surface area contributed by atoms with Crippen LogP contribution in [0, 0.1) is 0 Å². The SMILES string of the molecule is CN(C(=O)CN1CCN(c2cc(C3CC3)nn3cnnc23)CC1)c1ccccc1. The van der Waals surface area contributed by atoms with Crippen LogP contribution in [0.1, 0.15) is 24.5 Å². The fourth-order valence-electron chi connectivity index (χ4n) is 3.88. The number of carbonyl (C=O) groups excluding carboxylic acids is 1. The van der Waals surface area contributed by atoms with Gasteiger partial charge >= 0.3 is 0 Å². The van der Waals surface area contributed by atoms with Gasteiger partial charge in [-0.15, -0.1) is 10.2 Å². The van der Waals surface area contributed by atoms with Gasteiger partial charge in [0, 0.05) is 44.8 Å². The predicted molar refractivity (Wildman–Crippen MR) is 111 cm³/mol. The number of anilines is 2. The molecule has 1 amide bonds. The molecule has 5 rings (SSSR count). The van der Waals surface area contributed by atoms with E-state index < -0.39 is 0 Å². The zero-order chi connectivity index (χ0) is 19.8. The minimum absolute atomic E-state index is 0.115. The Hall–Kier alpha value is -3.00. The molecule has 2 aliphatic rings. The lowest BCUT2D eigenvalue weighted by molar-refractivity contribution is -0.119. The first-order valence-corrected chi connectivity index (χ1v) is 10.2. The lowest BCUT2D eigenvalue weighted by Crippen LogP contribution is -2.50. The molecule has 29 heavy (non-hydrogen) atoms. The summed E-state index contributed by atoms with van der Waals surface area (Å²) >= 11 is 0. The maximum absolute atomic E-state index is 12.7. The van der Waals surface area contributed by atoms with Gasteiger partial charge in [-0.1, -0.05) is 18.2 Å². The highest BCUT2D eigenvalue weighted by Crippen LogP contribution is 2.40. The Balaban J connectivity index is 1.25. The lowest BCUT2D eigenvalue weighted by Gasteiger charge is -2.36. The van der Waals surface area contributed by atoms with Crippen LogP contribution < -0.4 is 9.80 Å². The molecule has 0 N–H and O–H groups in total. The molecule has 0 unspecified atom stereocenters. The van der Waals surface area contributed by atoms with Crippen LogP contribution in [-0.2, 0) is 4.79 Å². The van der Waals surface area contributed by atoms with Gasteiger partial charge in [-0.25, -0.2) is 0 Å². The molecule has 1 aromatic carbocycles. The molecule has 3 aromatic rings. The van der Waals surface area contributed by atoms with Crippen molar-refractivity contribution in [3.8, 4) is 0 Å². The fraction of sp³-hybridized carbons (Fsp3) is 0.429. The molecule has 0 atom stereocenters. The van der Waals surface area contributed by atoms with Crippen molar-refractivity contribution in [1.29, 1.82) is 0 Å². The van der Waals surface area contributed by atoms with Gasteiger partial charge < -0.3 is 9.80 Å². The Morgan fingerprint density at radius 2 is 1.90 bits per heavy atom. The highest BCUT2D eigenvalue weighted by Gasteiger charge is 2.29. The Morgan fingerprint density at radius 3 is 2.62 bits per heavy atom. The quantitative estimate of drug-likeness (QED) is 0.660. The molecule has 150 valence electrons. The van der Waals surface area contributed by atoms with Crippen molar-refractivity contribution in [3.05, 3.63) is 48.4 Å². The standard InChI is InChI=1S/C21H25N7O/c1-25(17-5-3-2-4-6-17)20(29)14-26-9-11-27(12-10-26)19-13-18(16-7-8-16)24-28-15-22-23-21(19)28/h2-6,13,15-16H,7-12,14H2,1H3. The van der Waals surface area contributed by atoms with E-state index in [1.165, 1.54) is 12.8 Å². The predicted octanol–water partition coefficient (Wildman–Crippen LogP) is 1.79. The summed E-state index contributed by atoms with van der Waals surface area (Å²) in [6.45, 7) is 3.84. The van der Waals surface area contributed by atoms with E-state index in [-0.39, 0.29) is 5.91 Å². The molecule has 0 radical (unpaired) electrons. The molecule has 2 fully saturated rings. The molecular formula is C21H25N7O. The summed E-state index contributed by atoms with van der Waals surface area (Å²) in [5.74, 6) is 0.692. The fourth-order valence-corrected chi connectivity index (χ4v) is 3.88. The maximum atomic E-state index is 12.7. The lowest BCUT2D eigenvalue weighted by atomic mass is 10.2. The summed E-state index contributed by atoms with van der Waals surface area (Å²) in [7, 11) is 1.84. The summed E-state index contributed by atoms with van der Waals surface area (Å²) in [4.78, 5) is 19.0. The van der Waals surface area contributed by atoms with E-state index in [0.29, 0.717) is 12.5 Å². The summed E-state index contributed by atoms with van der Waals surface area (Å²) in [6, 6.07) is 12.0. The van der Waals surface area contributed by atoms with Crippen LogP contribution in [0.25, 0.3) is 5.65 Å². The first-order valence-electron chi connectivity index (χ1n) is 10.2. The van der Waals surface area contributed by atoms with Gasteiger partial charge in [-0.05, 0) is 31.0 Å². The number of hydrogen-bond acceptors (Lipinski definition) is 6. The average Bonchev–Trinajstić information content (AvgIpc) is 3.51. The molecule has 1 aliphatic carbocycles. The number of rotatable bonds is 5. The Labute approximate surface area is 169 Å². The second kappa shape index (κ2) is 7.44. The number of carbonyl (C=O) groups is 1.